The zero-order chi connectivity index (χ0) is 13.9. The molecule has 100 valence electrons. The Balaban J connectivity index is 2.01. The molecule has 3 rings (SSSR count). The van der Waals surface area contributed by atoms with Gasteiger partial charge in [0.2, 0.25) is 0 Å². The number of benzene rings is 1. The highest BCUT2D eigenvalue weighted by molar-refractivity contribution is 5.94. The third kappa shape index (κ3) is 2.28. The largest absolute Gasteiger partial charge is 0.465 e. The number of methoxy groups -OCH3 is 1. The van der Waals surface area contributed by atoms with Crippen LogP contribution in [0, 0.1) is 0 Å². The number of hydrogen-bond acceptors (Lipinski definition) is 3. The quantitative estimate of drug-likeness (QED) is 0.685. The van der Waals surface area contributed by atoms with E-state index in [9.17, 15) is 4.79 Å². The van der Waals surface area contributed by atoms with Crippen LogP contribution in [0.1, 0.15) is 16.1 Å². The molecule has 0 bridgehead atoms. The zero-order valence-electron chi connectivity index (χ0n) is 11.1. The van der Waals surface area contributed by atoms with E-state index in [1.165, 1.54) is 7.11 Å². The zero-order valence-corrected chi connectivity index (χ0v) is 11.1. The molecule has 0 spiro atoms. The molecular weight excluding hydrogens is 252 g/mol. The molecule has 4 nitrogen and oxygen atoms in total. The molecule has 0 aliphatic heterocycles. The first kappa shape index (κ1) is 12.4. The molecule has 0 aliphatic rings. The summed E-state index contributed by atoms with van der Waals surface area (Å²) in [6, 6.07) is 13.4. The van der Waals surface area contributed by atoms with E-state index in [0.29, 0.717) is 12.1 Å². The first-order valence-corrected chi connectivity index (χ1v) is 6.35. The maximum Gasteiger partial charge on any atom is 0.337 e. The SMILES string of the molecule is COC(=O)c1ccc2ccn(Cc3ccccn3)c2c1. The number of fused-ring (bicyclic) bond motifs is 1. The molecule has 0 fully saturated rings. The predicted octanol–water partition coefficient (Wildman–Crippen LogP) is 2.87. The van der Waals surface area contributed by atoms with Crippen LogP contribution >= 0.6 is 0 Å². The molecule has 1 aromatic carbocycles. The molecule has 0 unspecified atom stereocenters. The molecule has 2 heterocycles. The van der Waals surface area contributed by atoms with Gasteiger partial charge < -0.3 is 9.30 Å². The van der Waals surface area contributed by atoms with Crippen LogP contribution in [0.4, 0.5) is 0 Å². The van der Waals surface area contributed by atoms with Gasteiger partial charge >= 0.3 is 5.97 Å². The summed E-state index contributed by atoms with van der Waals surface area (Å²) in [5, 5.41) is 1.09. The number of carbonyl (C=O) groups excluding carboxylic acids is 1. The lowest BCUT2D eigenvalue weighted by atomic mass is 10.1. The Morgan fingerprint density at radius 1 is 1.25 bits per heavy atom. The highest BCUT2D eigenvalue weighted by atomic mass is 16.5. The molecule has 0 saturated heterocycles. The fourth-order valence-corrected chi connectivity index (χ4v) is 2.23. The first-order valence-electron chi connectivity index (χ1n) is 6.35. The standard InChI is InChI=1S/C16H14N2O2/c1-20-16(19)13-6-5-12-7-9-18(15(12)10-13)11-14-4-2-3-8-17-14/h2-10H,11H2,1H3. The Morgan fingerprint density at radius 3 is 2.90 bits per heavy atom. The predicted molar refractivity (Wildman–Crippen MR) is 76.6 cm³/mol. The van der Waals surface area contributed by atoms with Gasteiger partial charge in [-0.3, -0.25) is 4.98 Å². The van der Waals surface area contributed by atoms with Crippen LogP contribution in [0.25, 0.3) is 10.9 Å². The summed E-state index contributed by atoms with van der Waals surface area (Å²) in [6.45, 7) is 0.676. The maximum atomic E-state index is 11.6. The number of aromatic nitrogens is 2. The van der Waals surface area contributed by atoms with Crippen molar-refractivity contribution in [3.63, 3.8) is 0 Å². The van der Waals surface area contributed by atoms with Crippen molar-refractivity contribution in [1.82, 2.24) is 9.55 Å². The van der Waals surface area contributed by atoms with Crippen molar-refractivity contribution in [2.45, 2.75) is 6.54 Å². The van der Waals surface area contributed by atoms with E-state index >= 15 is 0 Å². The number of esters is 1. The second-order valence-electron chi connectivity index (χ2n) is 4.53. The van der Waals surface area contributed by atoms with Gasteiger partial charge in [0, 0.05) is 17.9 Å². The van der Waals surface area contributed by atoms with Crippen molar-refractivity contribution in [3.8, 4) is 0 Å². The van der Waals surface area contributed by atoms with Crippen LogP contribution in [0.15, 0.2) is 54.9 Å². The molecular formula is C16H14N2O2. The summed E-state index contributed by atoms with van der Waals surface area (Å²) in [7, 11) is 1.39. The molecule has 4 heteroatoms. The third-order valence-corrected chi connectivity index (χ3v) is 3.25. The van der Waals surface area contributed by atoms with Crippen molar-refractivity contribution in [3.05, 3.63) is 66.1 Å². The van der Waals surface area contributed by atoms with Crippen LogP contribution < -0.4 is 0 Å². The lowest BCUT2D eigenvalue weighted by Crippen LogP contribution is -2.03. The molecule has 0 saturated carbocycles. The van der Waals surface area contributed by atoms with Gasteiger partial charge in [0.25, 0.3) is 0 Å². The topological polar surface area (TPSA) is 44.1 Å². The van der Waals surface area contributed by atoms with Crippen molar-refractivity contribution >= 4 is 16.9 Å². The highest BCUT2D eigenvalue weighted by Gasteiger charge is 2.08. The number of rotatable bonds is 3. The van der Waals surface area contributed by atoms with Gasteiger partial charge in [-0.25, -0.2) is 4.79 Å². The molecule has 0 radical (unpaired) electrons. The second kappa shape index (κ2) is 5.17. The summed E-state index contributed by atoms with van der Waals surface area (Å²) >= 11 is 0. The average Bonchev–Trinajstić information content (AvgIpc) is 2.90. The van der Waals surface area contributed by atoms with Crippen LogP contribution in [0.5, 0.6) is 0 Å². The molecule has 0 N–H and O–H groups in total. The van der Waals surface area contributed by atoms with Crippen molar-refractivity contribution in [2.75, 3.05) is 7.11 Å². The molecule has 3 aromatic rings. The van der Waals surface area contributed by atoms with Crippen LogP contribution in [-0.2, 0) is 11.3 Å². The van der Waals surface area contributed by atoms with Gasteiger partial charge in [-0.1, -0.05) is 12.1 Å². The molecule has 0 amide bonds. The summed E-state index contributed by atoms with van der Waals surface area (Å²) in [5.41, 5.74) is 2.54. The minimum Gasteiger partial charge on any atom is -0.465 e. The lowest BCUT2D eigenvalue weighted by Gasteiger charge is -2.06. The van der Waals surface area contributed by atoms with E-state index in [4.69, 9.17) is 4.74 Å². The number of pyridine rings is 1. The Hall–Kier alpha value is -2.62. The van der Waals surface area contributed by atoms with Crippen molar-refractivity contribution in [1.29, 1.82) is 0 Å². The monoisotopic (exact) mass is 266 g/mol. The highest BCUT2D eigenvalue weighted by Crippen LogP contribution is 2.19. The second-order valence-corrected chi connectivity index (χ2v) is 4.53. The number of carbonyl (C=O) groups is 1. The summed E-state index contributed by atoms with van der Waals surface area (Å²) in [4.78, 5) is 15.9. The van der Waals surface area contributed by atoms with E-state index in [-0.39, 0.29) is 5.97 Å². The Kier molecular flexibility index (Phi) is 3.21. The Labute approximate surface area is 116 Å². The van der Waals surface area contributed by atoms with E-state index < -0.39 is 0 Å². The molecule has 0 aliphatic carbocycles. The summed E-state index contributed by atoms with van der Waals surface area (Å²) in [5.74, 6) is -0.322. The van der Waals surface area contributed by atoms with Gasteiger partial charge in [-0.15, -0.1) is 0 Å². The van der Waals surface area contributed by atoms with Gasteiger partial charge in [0.1, 0.15) is 0 Å². The van der Waals surface area contributed by atoms with E-state index in [0.717, 1.165) is 16.6 Å². The van der Waals surface area contributed by atoms with Crippen LogP contribution in [-0.4, -0.2) is 22.6 Å². The first-order chi connectivity index (χ1) is 9.78. The van der Waals surface area contributed by atoms with Crippen LogP contribution in [0.2, 0.25) is 0 Å². The van der Waals surface area contributed by atoms with Gasteiger partial charge in [-0.2, -0.15) is 0 Å². The maximum absolute atomic E-state index is 11.6. The smallest absolute Gasteiger partial charge is 0.337 e. The minimum atomic E-state index is -0.322. The van der Waals surface area contributed by atoms with E-state index in [2.05, 4.69) is 9.55 Å². The lowest BCUT2D eigenvalue weighted by molar-refractivity contribution is 0.0601. The van der Waals surface area contributed by atoms with Crippen molar-refractivity contribution in [2.24, 2.45) is 0 Å². The van der Waals surface area contributed by atoms with Crippen LogP contribution in [0.3, 0.4) is 0 Å². The van der Waals surface area contributed by atoms with E-state index in [1.807, 2.05) is 42.6 Å². The minimum absolute atomic E-state index is 0.322. The van der Waals surface area contributed by atoms with Crippen molar-refractivity contribution < 1.29 is 9.53 Å². The fourth-order valence-electron chi connectivity index (χ4n) is 2.23. The van der Waals surface area contributed by atoms with E-state index in [1.54, 1.807) is 12.3 Å². The molecule has 0 atom stereocenters. The molecule has 20 heavy (non-hydrogen) atoms. The normalized spacial score (nSPS) is 10.7. The number of nitrogens with zero attached hydrogens (tertiary/aromatic N) is 2. The van der Waals surface area contributed by atoms with Gasteiger partial charge in [0.05, 0.1) is 24.9 Å². The fraction of sp³-hybridized carbons (Fsp3) is 0.125. The third-order valence-electron chi connectivity index (χ3n) is 3.25. The summed E-state index contributed by atoms with van der Waals surface area (Å²) < 4.78 is 6.83. The number of hydrogen-bond donors (Lipinski definition) is 0. The number of ether oxygens (including phenoxy) is 1. The van der Waals surface area contributed by atoms with Gasteiger partial charge in [0.15, 0.2) is 0 Å². The summed E-state index contributed by atoms with van der Waals surface area (Å²) in [6.07, 6.45) is 3.78. The Bertz CT molecular complexity index is 748. The molecule has 2 aromatic heterocycles. The Morgan fingerprint density at radius 2 is 2.15 bits per heavy atom. The van der Waals surface area contributed by atoms with Gasteiger partial charge in [-0.05, 0) is 35.7 Å². The average molecular weight is 266 g/mol.